The predicted molar refractivity (Wildman–Crippen MR) is 138 cm³/mol. The second-order valence-corrected chi connectivity index (χ2v) is 10.6. The van der Waals surface area contributed by atoms with E-state index in [9.17, 15) is 18.0 Å². The summed E-state index contributed by atoms with van der Waals surface area (Å²) in [4.78, 5) is 19.1. The van der Waals surface area contributed by atoms with Gasteiger partial charge in [-0.05, 0) is 56.0 Å². The van der Waals surface area contributed by atoms with Gasteiger partial charge in [0.05, 0.1) is 18.8 Å². The van der Waals surface area contributed by atoms with E-state index in [4.69, 9.17) is 4.74 Å². The van der Waals surface area contributed by atoms with Crippen LogP contribution >= 0.6 is 11.9 Å². The van der Waals surface area contributed by atoms with Gasteiger partial charge in [0, 0.05) is 62.5 Å². The lowest BCUT2D eigenvalue weighted by molar-refractivity contribution is -0.137. The number of rotatable bonds is 5. The second-order valence-electron chi connectivity index (χ2n) is 9.96. The lowest BCUT2D eigenvalue weighted by atomic mass is 9.84. The molecule has 3 saturated heterocycles. The van der Waals surface area contributed by atoms with E-state index in [1.54, 1.807) is 12.3 Å². The molecule has 12 heteroatoms. The van der Waals surface area contributed by atoms with Crippen molar-refractivity contribution in [3.05, 3.63) is 41.6 Å². The van der Waals surface area contributed by atoms with Crippen molar-refractivity contribution >= 4 is 29.5 Å². The molecule has 8 nitrogen and oxygen atoms in total. The van der Waals surface area contributed by atoms with Gasteiger partial charge in [0.1, 0.15) is 0 Å². The number of benzene rings is 1. The van der Waals surface area contributed by atoms with Crippen molar-refractivity contribution in [2.24, 2.45) is 0 Å². The summed E-state index contributed by atoms with van der Waals surface area (Å²) in [6.07, 6.45) is 2.74. The first-order valence-electron chi connectivity index (χ1n) is 12.7. The molecule has 0 unspecified atom stereocenters. The summed E-state index contributed by atoms with van der Waals surface area (Å²) in [5, 5.41) is 4.29. The molecule has 1 aromatic heterocycles. The van der Waals surface area contributed by atoms with Crippen LogP contribution in [0.15, 0.2) is 30.5 Å². The first-order valence-corrected chi connectivity index (χ1v) is 13.9. The van der Waals surface area contributed by atoms with Crippen LogP contribution < -0.4 is 9.62 Å². The van der Waals surface area contributed by atoms with E-state index in [1.165, 1.54) is 28.8 Å². The van der Waals surface area contributed by atoms with Crippen LogP contribution in [0.25, 0.3) is 0 Å². The van der Waals surface area contributed by atoms with E-state index in [1.807, 2.05) is 22.1 Å². The molecule has 37 heavy (non-hydrogen) atoms. The molecule has 0 radical (unpaired) electrons. The third kappa shape index (κ3) is 5.70. The summed E-state index contributed by atoms with van der Waals surface area (Å²) in [5.74, 6) is 0.633. The highest BCUT2D eigenvalue weighted by Crippen LogP contribution is 2.41. The lowest BCUT2D eigenvalue weighted by Crippen LogP contribution is -2.53. The van der Waals surface area contributed by atoms with Crippen molar-refractivity contribution in [1.29, 1.82) is 0 Å². The zero-order valence-electron chi connectivity index (χ0n) is 21.0. The summed E-state index contributed by atoms with van der Waals surface area (Å²) in [6, 6.07) is 6.07. The molecule has 3 fully saturated rings. The van der Waals surface area contributed by atoms with Crippen molar-refractivity contribution in [2.75, 3.05) is 61.8 Å². The summed E-state index contributed by atoms with van der Waals surface area (Å²) in [6.45, 7) is 4.73. The Kier molecular flexibility index (Phi) is 7.60. The number of ether oxygens (including phenoxy) is 1. The molecule has 0 aliphatic carbocycles. The Balaban J connectivity index is 1.29. The molecule has 2 aromatic rings. The predicted octanol–water partition coefficient (Wildman–Crippen LogP) is 4.53. The molecular weight excluding hydrogens is 505 g/mol. The first kappa shape index (κ1) is 26.2. The molecule has 5 rings (SSSR count). The minimum Gasteiger partial charge on any atom is -0.378 e. The second kappa shape index (κ2) is 10.7. The van der Waals surface area contributed by atoms with Gasteiger partial charge in [0.2, 0.25) is 0 Å². The van der Waals surface area contributed by atoms with Crippen LogP contribution in [0.5, 0.6) is 0 Å². The van der Waals surface area contributed by atoms with Crippen molar-refractivity contribution in [2.45, 2.75) is 43.9 Å². The Morgan fingerprint density at radius 2 is 1.86 bits per heavy atom. The number of anilines is 2. The largest absolute Gasteiger partial charge is 0.416 e. The number of alkyl halides is 3. The summed E-state index contributed by atoms with van der Waals surface area (Å²) >= 11 is 1.41. The maximum atomic E-state index is 13.8. The number of aromatic nitrogens is 2. The number of halogens is 3. The van der Waals surface area contributed by atoms with Crippen molar-refractivity contribution in [3.8, 4) is 0 Å². The summed E-state index contributed by atoms with van der Waals surface area (Å²) in [5.41, 5.74) is 0.590. The van der Waals surface area contributed by atoms with Crippen LogP contribution in [0.1, 0.15) is 36.8 Å². The van der Waals surface area contributed by atoms with Gasteiger partial charge >= 0.3 is 12.2 Å². The molecule has 3 aliphatic heterocycles. The van der Waals surface area contributed by atoms with Gasteiger partial charge in [0.15, 0.2) is 5.82 Å². The molecule has 202 valence electrons. The Hall–Kier alpha value is -2.44. The number of morpholine rings is 1. The van der Waals surface area contributed by atoms with Gasteiger partial charge in [-0.3, -0.25) is 4.90 Å². The third-order valence-corrected chi connectivity index (χ3v) is 8.17. The molecule has 1 amide bonds. The number of nitrogens with zero attached hydrogens (tertiary/aromatic N) is 5. The average molecular weight is 539 g/mol. The van der Waals surface area contributed by atoms with E-state index < -0.39 is 11.7 Å². The fourth-order valence-electron chi connectivity index (χ4n) is 5.81. The number of carbonyl (C=O) groups excluding carboxylic acids is 1. The minimum absolute atomic E-state index is 0.0974. The monoisotopic (exact) mass is 538 g/mol. The molecule has 3 aliphatic rings. The Bertz CT molecular complexity index is 1100. The normalized spacial score (nSPS) is 20.5. The Morgan fingerprint density at radius 3 is 2.57 bits per heavy atom. The molecule has 1 aromatic carbocycles. The Morgan fingerprint density at radius 1 is 1.11 bits per heavy atom. The van der Waals surface area contributed by atoms with Crippen LogP contribution in [0.3, 0.4) is 0 Å². The van der Waals surface area contributed by atoms with E-state index in [0.717, 1.165) is 32.2 Å². The minimum atomic E-state index is -4.40. The zero-order valence-corrected chi connectivity index (χ0v) is 21.8. The van der Waals surface area contributed by atoms with Gasteiger partial charge in [-0.25, -0.2) is 4.79 Å². The molecule has 0 atom stereocenters. The molecule has 4 heterocycles. The van der Waals surface area contributed by atoms with Gasteiger partial charge in [-0.2, -0.15) is 17.9 Å². The number of carbonyl (C=O) groups is 1. The fraction of sp³-hybridized carbons (Fsp3) is 0.600. The smallest absolute Gasteiger partial charge is 0.378 e. The van der Waals surface area contributed by atoms with Crippen LogP contribution in [-0.4, -0.2) is 83.3 Å². The molecular formula is C25H33F3N6O2S. The van der Waals surface area contributed by atoms with Crippen molar-refractivity contribution < 1.29 is 22.7 Å². The van der Waals surface area contributed by atoms with Gasteiger partial charge in [-0.15, -0.1) is 5.10 Å². The van der Waals surface area contributed by atoms with Crippen LogP contribution in [0, 0.1) is 0 Å². The van der Waals surface area contributed by atoms with Crippen LogP contribution in [0.4, 0.5) is 29.5 Å². The highest BCUT2D eigenvalue weighted by molar-refractivity contribution is 7.99. The van der Waals surface area contributed by atoms with Crippen LogP contribution in [0.2, 0.25) is 0 Å². The third-order valence-electron chi connectivity index (χ3n) is 7.75. The summed E-state index contributed by atoms with van der Waals surface area (Å²) < 4.78 is 51.1. The summed E-state index contributed by atoms with van der Waals surface area (Å²) in [7, 11) is 0. The number of nitrogens with one attached hydrogen (secondary N) is 1. The number of amides is 1. The van der Waals surface area contributed by atoms with Crippen molar-refractivity contribution in [1.82, 2.24) is 19.6 Å². The molecule has 1 N–H and O–H groups in total. The number of likely N-dealkylation sites (tertiary alicyclic amines) is 2. The molecule has 0 saturated carbocycles. The van der Waals surface area contributed by atoms with Crippen molar-refractivity contribution in [3.63, 3.8) is 0 Å². The van der Waals surface area contributed by atoms with Gasteiger partial charge < -0.3 is 19.3 Å². The maximum Gasteiger partial charge on any atom is 0.416 e. The zero-order chi connectivity index (χ0) is 26.0. The van der Waals surface area contributed by atoms with E-state index in [0.29, 0.717) is 63.0 Å². The molecule has 0 bridgehead atoms. The van der Waals surface area contributed by atoms with Gasteiger partial charge in [-0.1, -0.05) is 11.9 Å². The van der Waals surface area contributed by atoms with E-state index in [2.05, 4.69) is 14.7 Å². The SMILES string of the molecule is CSNc1ccn(C(=O)N2CCC3(CCCN3Cc3cc(N4CCOCC4)cc(C(F)(F)F)c3)CC2)n1. The quantitative estimate of drug-likeness (QED) is 0.562. The Labute approximate surface area is 219 Å². The van der Waals surface area contributed by atoms with Gasteiger partial charge in [0.25, 0.3) is 0 Å². The first-order chi connectivity index (χ1) is 17.8. The molecule has 1 spiro atoms. The van der Waals surface area contributed by atoms with E-state index >= 15 is 0 Å². The fourth-order valence-corrected chi connectivity index (χ4v) is 6.13. The van der Waals surface area contributed by atoms with Crippen LogP contribution in [-0.2, 0) is 17.5 Å². The lowest BCUT2D eigenvalue weighted by Gasteiger charge is -2.45. The highest BCUT2D eigenvalue weighted by atomic mass is 32.2. The topological polar surface area (TPSA) is 65.9 Å². The maximum absolute atomic E-state index is 13.8. The average Bonchev–Trinajstić information content (AvgIpc) is 3.51. The standard InChI is InChI=1S/C25H33F3N6O2S/c1-37-30-22-3-8-34(29-22)23(35)32-9-5-24(6-10-32)4-2-7-33(24)18-19-15-20(25(26,27)28)17-21(16-19)31-11-13-36-14-12-31/h3,8,15-17H,2,4-7,9-14,18H2,1H3,(H,29,30). The number of hydrogen-bond donors (Lipinski definition) is 1. The highest BCUT2D eigenvalue weighted by Gasteiger charge is 2.44. The number of hydrogen-bond acceptors (Lipinski definition) is 7. The number of piperidine rings is 1. The van der Waals surface area contributed by atoms with E-state index in [-0.39, 0.29) is 11.6 Å².